The first-order chi connectivity index (χ1) is 11.1. The van der Waals surface area contributed by atoms with Crippen LogP contribution in [-0.2, 0) is 0 Å². The average Bonchev–Trinajstić information content (AvgIpc) is 2.98. The molecule has 0 fully saturated rings. The first-order valence-corrected chi connectivity index (χ1v) is 8.24. The number of hydrogen-bond acceptors (Lipinski definition) is 4. The normalized spacial score (nSPS) is 11.0. The van der Waals surface area contributed by atoms with Crippen molar-refractivity contribution in [1.82, 2.24) is 4.98 Å². The van der Waals surface area contributed by atoms with Crippen molar-refractivity contribution in [1.29, 1.82) is 0 Å². The Morgan fingerprint density at radius 2 is 1.91 bits per heavy atom. The molecule has 0 aliphatic carbocycles. The Morgan fingerprint density at radius 1 is 1.17 bits per heavy atom. The third-order valence-corrected chi connectivity index (χ3v) is 4.83. The number of nitrogens with one attached hydrogen (secondary N) is 1. The van der Waals surface area contributed by atoms with E-state index in [1.165, 1.54) is 0 Å². The number of ether oxygens (including phenoxy) is 1. The van der Waals surface area contributed by atoms with Crippen LogP contribution in [-0.4, -0.2) is 18.0 Å². The highest BCUT2D eigenvalue weighted by Gasteiger charge is 2.10. The molecular weight excluding hydrogens is 308 g/mol. The van der Waals surface area contributed by atoms with Crippen LogP contribution in [0.5, 0.6) is 5.75 Å². The fourth-order valence-corrected chi connectivity index (χ4v) is 3.22. The van der Waals surface area contributed by atoms with Crippen molar-refractivity contribution < 1.29 is 9.53 Å². The molecule has 4 nitrogen and oxygen atoms in total. The van der Waals surface area contributed by atoms with Crippen molar-refractivity contribution in [3.8, 4) is 5.75 Å². The van der Waals surface area contributed by atoms with Crippen LogP contribution in [0.25, 0.3) is 10.2 Å². The number of nitrogens with zero attached hydrogens (tertiary/aromatic N) is 1. The largest absolute Gasteiger partial charge is 0.497 e. The minimum absolute atomic E-state index is 0.138. The van der Waals surface area contributed by atoms with E-state index in [0.29, 0.717) is 11.5 Å². The molecule has 5 heteroatoms. The first kappa shape index (κ1) is 15.5. The van der Waals surface area contributed by atoms with Gasteiger partial charge in [-0.05, 0) is 42.5 Å². The van der Waals surface area contributed by atoms with Crippen LogP contribution in [0, 0.1) is 0 Å². The summed E-state index contributed by atoms with van der Waals surface area (Å²) >= 11 is 1.67. The average molecular weight is 326 g/mol. The van der Waals surface area contributed by atoms with Gasteiger partial charge in [-0.2, -0.15) is 0 Å². The van der Waals surface area contributed by atoms with E-state index in [4.69, 9.17) is 4.74 Å². The summed E-state index contributed by atoms with van der Waals surface area (Å²) in [6.45, 7) is 4.26. The van der Waals surface area contributed by atoms with E-state index in [1.54, 1.807) is 42.7 Å². The molecule has 1 N–H and O–H groups in total. The predicted octanol–water partition coefficient (Wildman–Crippen LogP) is 4.68. The second-order valence-corrected chi connectivity index (χ2v) is 6.63. The Labute approximate surface area is 139 Å². The summed E-state index contributed by atoms with van der Waals surface area (Å²) in [7, 11) is 1.60. The first-order valence-electron chi connectivity index (χ1n) is 7.42. The van der Waals surface area contributed by atoms with Gasteiger partial charge in [-0.3, -0.25) is 4.79 Å². The summed E-state index contributed by atoms with van der Waals surface area (Å²) in [4.78, 5) is 16.9. The van der Waals surface area contributed by atoms with E-state index in [9.17, 15) is 4.79 Å². The van der Waals surface area contributed by atoms with E-state index in [0.717, 1.165) is 26.7 Å². The van der Waals surface area contributed by atoms with Gasteiger partial charge in [0.15, 0.2) is 0 Å². The van der Waals surface area contributed by atoms with Crippen molar-refractivity contribution in [2.75, 3.05) is 12.4 Å². The number of aromatic nitrogens is 1. The summed E-state index contributed by atoms with van der Waals surface area (Å²) in [5.41, 5.74) is 2.34. The number of fused-ring (bicyclic) bond motifs is 1. The van der Waals surface area contributed by atoms with Crippen molar-refractivity contribution >= 4 is 33.1 Å². The quantitative estimate of drug-likeness (QED) is 0.757. The molecule has 1 aromatic heterocycles. The Hall–Kier alpha value is -2.40. The summed E-state index contributed by atoms with van der Waals surface area (Å²) in [6.07, 6.45) is 0. The molecule has 0 spiro atoms. The van der Waals surface area contributed by atoms with Gasteiger partial charge in [-0.1, -0.05) is 13.8 Å². The number of thiazole rings is 1. The Balaban J connectivity index is 1.81. The third kappa shape index (κ3) is 3.35. The number of anilines is 1. The van der Waals surface area contributed by atoms with Gasteiger partial charge in [0.2, 0.25) is 0 Å². The second kappa shape index (κ2) is 6.38. The zero-order valence-electron chi connectivity index (χ0n) is 13.3. The highest BCUT2D eigenvalue weighted by molar-refractivity contribution is 7.18. The van der Waals surface area contributed by atoms with Gasteiger partial charge < -0.3 is 10.1 Å². The Morgan fingerprint density at radius 3 is 2.57 bits per heavy atom. The molecule has 2 aromatic carbocycles. The van der Waals surface area contributed by atoms with Crippen molar-refractivity contribution in [3.05, 3.63) is 53.0 Å². The lowest BCUT2D eigenvalue weighted by molar-refractivity contribution is 0.102. The standard InChI is InChI=1S/C18H18N2O2S/c1-11(2)18-20-15-9-6-13(10-16(15)23-18)19-17(21)12-4-7-14(22-3)8-5-12/h4-11H,1-3H3,(H,19,21). The second-order valence-electron chi connectivity index (χ2n) is 5.57. The number of carbonyl (C=O) groups is 1. The fourth-order valence-electron chi connectivity index (χ4n) is 2.21. The molecule has 1 heterocycles. The monoisotopic (exact) mass is 326 g/mol. The van der Waals surface area contributed by atoms with Crippen LogP contribution >= 0.6 is 11.3 Å². The maximum atomic E-state index is 12.3. The molecule has 1 amide bonds. The summed E-state index contributed by atoms with van der Waals surface area (Å²) in [6, 6.07) is 12.8. The molecule has 3 aromatic rings. The number of amides is 1. The highest BCUT2D eigenvalue weighted by Crippen LogP contribution is 2.29. The molecule has 0 unspecified atom stereocenters. The topological polar surface area (TPSA) is 51.2 Å². The number of hydrogen-bond donors (Lipinski definition) is 1. The van der Waals surface area contributed by atoms with Crippen molar-refractivity contribution in [2.45, 2.75) is 19.8 Å². The van der Waals surface area contributed by atoms with Gasteiger partial charge in [0.05, 0.1) is 22.3 Å². The van der Waals surface area contributed by atoms with Crippen LogP contribution in [0.1, 0.15) is 35.1 Å². The van der Waals surface area contributed by atoms with Crippen LogP contribution in [0.3, 0.4) is 0 Å². The lowest BCUT2D eigenvalue weighted by Gasteiger charge is -2.06. The van der Waals surface area contributed by atoms with Crippen LogP contribution in [0.4, 0.5) is 5.69 Å². The van der Waals surface area contributed by atoms with Crippen LogP contribution < -0.4 is 10.1 Å². The van der Waals surface area contributed by atoms with Gasteiger partial charge in [-0.15, -0.1) is 11.3 Å². The molecule has 0 aliphatic rings. The van der Waals surface area contributed by atoms with Crippen molar-refractivity contribution in [3.63, 3.8) is 0 Å². The number of methoxy groups -OCH3 is 1. The smallest absolute Gasteiger partial charge is 0.255 e. The molecule has 0 atom stereocenters. The molecule has 0 bridgehead atoms. The maximum Gasteiger partial charge on any atom is 0.255 e. The van der Waals surface area contributed by atoms with E-state index in [1.807, 2.05) is 18.2 Å². The summed E-state index contributed by atoms with van der Waals surface area (Å²) < 4.78 is 6.18. The van der Waals surface area contributed by atoms with E-state index in [-0.39, 0.29) is 5.91 Å². The van der Waals surface area contributed by atoms with Crippen LogP contribution in [0.15, 0.2) is 42.5 Å². The fraction of sp³-hybridized carbons (Fsp3) is 0.222. The van der Waals surface area contributed by atoms with Gasteiger partial charge in [0.1, 0.15) is 5.75 Å². The number of benzene rings is 2. The minimum Gasteiger partial charge on any atom is -0.497 e. The number of carbonyl (C=O) groups excluding carboxylic acids is 1. The lowest BCUT2D eigenvalue weighted by atomic mass is 10.2. The molecule has 3 rings (SSSR count). The predicted molar refractivity (Wildman–Crippen MR) is 94.7 cm³/mol. The zero-order chi connectivity index (χ0) is 16.4. The van der Waals surface area contributed by atoms with Gasteiger partial charge in [0, 0.05) is 17.2 Å². The summed E-state index contributed by atoms with van der Waals surface area (Å²) in [5.74, 6) is 0.999. The summed E-state index contributed by atoms with van der Waals surface area (Å²) in [5, 5.41) is 4.04. The molecular formula is C18H18N2O2S. The zero-order valence-corrected chi connectivity index (χ0v) is 14.1. The minimum atomic E-state index is -0.138. The van der Waals surface area contributed by atoms with Crippen molar-refractivity contribution in [2.24, 2.45) is 0 Å². The molecule has 0 saturated heterocycles. The van der Waals surface area contributed by atoms with Gasteiger partial charge in [0.25, 0.3) is 5.91 Å². The molecule has 118 valence electrons. The Bertz CT molecular complexity index is 838. The van der Waals surface area contributed by atoms with Crippen LogP contribution in [0.2, 0.25) is 0 Å². The Kier molecular flexibility index (Phi) is 4.30. The maximum absolute atomic E-state index is 12.3. The molecule has 0 saturated carbocycles. The molecule has 23 heavy (non-hydrogen) atoms. The highest BCUT2D eigenvalue weighted by atomic mass is 32.1. The number of rotatable bonds is 4. The van der Waals surface area contributed by atoms with Gasteiger partial charge in [-0.25, -0.2) is 4.98 Å². The third-order valence-electron chi connectivity index (χ3n) is 3.51. The van der Waals surface area contributed by atoms with E-state index >= 15 is 0 Å². The van der Waals surface area contributed by atoms with Gasteiger partial charge >= 0.3 is 0 Å². The molecule has 0 radical (unpaired) electrons. The van der Waals surface area contributed by atoms with E-state index in [2.05, 4.69) is 24.1 Å². The SMILES string of the molecule is COc1ccc(C(=O)Nc2ccc3nc(C(C)C)sc3c2)cc1. The van der Waals surface area contributed by atoms with E-state index < -0.39 is 0 Å². The molecule has 0 aliphatic heterocycles. The lowest BCUT2D eigenvalue weighted by Crippen LogP contribution is -2.11.